The van der Waals surface area contributed by atoms with Gasteiger partial charge in [-0.1, -0.05) is 24.9 Å². The number of fused-ring (bicyclic) bond motifs is 1. The predicted molar refractivity (Wildman–Crippen MR) is 148 cm³/mol. The number of halogens is 1. The maximum absolute atomic E-state index is 13.8. The first-order chi connectivity index (χ1) is 17.8. The average molecular weight is 541 g/mol. The molecule has 10 heteroatoms. The van der Waals surface area contributed by atoms with Gasteiger partial charge in [0.15, 0.2) is 11.6 Å². The molecule has 1 saturated heterocycles. The fraction of sp³-hybridized carbons (Fsp3) is 0.481. The molecular formula is C27H33ClN6O2S. The molecule has 2 aromatic rings. The molecule has 1 fully saturated rings. The first kappa shape index (κ1) is 28.5. The third-order valence-electron chi connectivity index (χ3n) is 6.85. The number of allylic oxidation sites excluding steroid dienone is 1. The van der Waals surface area contributed by atoms with Gasteiger partial charge in [0, 0.05) is 28.5 Å². The van der Waals surface area contributed by atoms with E-state index in [1.165, 1.54) is 11.3 Å². The molecule has 4 N–H and O–H groups in total. The predicted octanol–water partition coefficient (Wildman–Crippen LogP) is 4.53. The van der Waals surface area contributed by atoms with Gasteiger partial charge in [-0.25, -0.2) is 4.98 Å². The van der Waals surface area contributed by atoms with Crippen molar-refractivity contribution in [2.24, 2.45) is 5.73 Å². The highest BCUT2D eigenvalue weighted by molar-refractivity contribution is 7.16. The average Bonchev–Trinajstić information content (AvgIpc) is 3.46. The van der Waals surface area contributed by atoms with Crippen LogP contribution in [0.2, 0.25) is 5.15 Å². The molecule has 4 rings (SSSR count). The summed E-state index contributed by atoms with van der Waals surface area (Å²) in [4.78, 5) is 25.9. The zero-order valence-corrected chi connectivity index (χ0v) is 22.9. The van der Waals surface area contributed by atoms with Gasteiger partial charge in [-0.15, -0.1) is 24.2 Å². The number of anilines is 1. The number of carbonyl (C=O) groups excluding carboxylic acids is 1. The monoisotopic (exact) mass is 540 g/mol. The van der Waals surface area contributed by atoms with E-state index in [-0.39, 0.29) is 22.5 Å². The summed E-state index contributed by atoms with van der Waals surface area (Å²) < 4.78 is 5.94. The Balaban J connectivity index is 0.00000186. The maximum atomic E-state index is 13.8. The lowest BCUT2D eigenvalue weighted by molar-refractivity contribution is -0.117. The fourth-order valence-corrected chi connectivity index (χ4v) is 6.30. The number of hydrogen-bond donors (Lipinski definition) is 2. The minimum atomic E-state index is -0.449. The fourth-order valence-electron chi connectivity index (χ4n) is 5.00. The van der Waals surface area contributed by atoms with E-state index >= 15 is 0 Å². The van der Waals surface area contributed by atoms with Gasteiger partial charge in [0.2, 0.25) is 5.88 Å². The molecule has 8 nitrogen and oxygen atoms in total. The van der Waals surface area contributed by atoms with Crippen molar-refractivity contribution in [2.45, 2.75) is 63.8 Å². The molecule has 37 heavy (non-hydrogen) atoms. The van der Waals surface area contributed by atoms with Crippen LogP contribution in [0, 0.1) is 24.2 Å². The normalized spacial score (nSPS) is 19.7. The number of nitrogen functional groups attached to an aromatic ring is 1. The number of nitrogens with two attached hydrogens (primary N) is 2. The van der Waals surface area contributed by atoms with Crippen molar-refractivity contribution in [3.8, 4) is 24.8 Å². The number of carbonyl (C=O) groups is 1. The van der Waals surface area contributed by atoms with Crippen LogP contribution in [0.4, 0.5) is 5.00 Å². The van der Waals surface area contributed by atoms with Crippen LogP contribution >= 0.6 is 22.9 Å². The molecular weight excluding hydrogens is 508 g/mol. The number of aryl methyl sites for hydroxylation is 1. The zero-order valence-electron chi connectivity index (χ0n) is 21.3. The SMILES string of the molecule is C#C.CCC/C(C(=O)[C@H]1CCCc2sc(N)c(C#N)c21)=C(/N)c1nc(Cl)cc(OC[C@@H]2CCCN2C)n1. The highest BCUT2D eigenvalue weighted by atomic mass is 35.5. The van der Waals surface area contributed by atoms with Crippen LogP contribution in [-0.4, -0.2) is 46.9 Å². The number of likely N-dealkylation sites (tertiary alicyclic amines) is 1. The Labute approximate surface area is 227 Å². The van der Waals surface area contributed by atoms with Gasteiger partial charge in [0.05, 0.1) is 11.3 Å². The van der Waals surface area contributed by atoms with E-state index in [9.17, 15) is 10.1 Å². The quantitative estimate of drug-likeness (QED) is 0.283. The number of hydrogen-bond acceptors (Lipinski definition) is 9. The van der Waals surface area contributed by atoms with Crippen LogP contribution < -0.4 is 16.2 Å². The molecule has 0 amide bonds. The van der Waals surface area contributed by atoms with Crippen LogP contribution in [0.15, 0.2) is 11.6 Å². The molecule has 2 aromatic heterocycles. The number of nitriles is 1. The van der Waals surface area contributed by atoms with Gasteiger partial charge >= 0.3 is 0 Å². The number of aromatic nitrogens is 2. The summed E-state index contributed by atoms with van der Waals surface area (Å²) in [6, 6.07) is 4.09. The van der Waals surface area contributed by atoms with Gasteiger partial charge in [-0.3, -0.25) is 4.79 Å². The van der Waals surface area contributed by atoms with Crippen molar-refractivity contribution in [3.63, 3.8) is 0 Å². The number of Topliss-reactive ketones (excluding diaryl/α,β-unsaturated/α-hetero) is 1. The van der Waals surface area contributed by atoms with Crippen molar-refractivity contribution in [2.75, 3.05) is 25.9 Å². The van der Waals surface area contributed by atoms with Crippen molar-refractivity contribution >= 4 is 39.4 Å². The van der Waals surface area contributed by atoms with E-state index in [1.807, 2.05) is 6.92 Å². The Bertz CT molecular complexity index is 1230. The summed E-state index contributed by atoms with van der Waals surface area (Å²) in [5.74, 6) is -0.0255. The van der Waals surface area contributed by atoms with Crippen LogP contribution in [0.1, 0.15) is 73.2 Å². The lowest BCUT2D eigenvalue weighted by atomic mass is 9.79. The number of terminal acetylenes is 1. The topological polar surface area (TPSA) is 131 Å². The Hall–Kier alpha value is -3.11. The minimum Gasteiger partial charge on any atom is -0.476 e. The number of likely N-dealkylation sites (N-methyl/N-ethyl adjacent to an activating group) is 1. The van der Waals surface area contributed by atoms with Crippen molar-refractivity contribution in [1.29, 1.82) is 5.26 Å². The van der Waals surface area contributed by atoms with Gasteiger partial charge in [-0.05, 0) is 57.7 Å². The Morgan fingerprint density at radius 1 is 1.35 bits per heavy atom. The number of ketones is 1. The summed E-state index contributed by atoms with van der Waals surface area (Å²) >= 11 is 7.69. The summed E-state index contributed by atoms with van der Waals surface area (Å²) in [6.07, 6.45) is 13.7. The van der Waals surface area contributed by atoms with Crippen molar-refractivity contribution in [3.05, 3.63) is 38.6 Å². The van der Waals surface area contributed by atoms with E-state index in [0.717, 1.165) is 49.1 Å². The molecule has 0 unspecified atom stereocenters. The van der Waals surface area contributed by atoms with E-state index in [4.69, 9.17) is 27.8 Å². The highest BCUT2D eigenvalue weighted by Gasteiger charge is 2.34. The third kappa shape index (κ3) is 6.24. The van der Waals surface area contributed by atoms with E-state index in [2.05, 4.69) is 40.8 Å². The maximum Gasteiger partial charge on any atom is 0.218 e. The summed E-state index contributed by atoms with van der Waals surface area (Å²) in [5, 5.41) is 10.3. The first-order valence-electron chi connectivity index (χ1n) is 12.4. The molecule has 0 bridgehead atoms. The molecule has 196 valence electrons. The summed E-state index contributed by atoms with van der Waals surface area (Å²) in [6.45, 7) is 3.53. The summed E-state index contributed by atoms with van der Waals surface area (Å²) in [7, 11) is 2.08. The molecule has 1 aliphatic carbocycles. The van der Waals surface area contributed by atoms with E-state index < -0.39 is 5.92 Å². The molecule has 3 heterocycles. The second-order valence-electron chi connectivity index (χ2n) is 9.18. The molecule has 0 saturated carbocycles. The zero-order chi connectivity index (χ0) is 27.1. The van der Waals surface area contributed by atoms with Crippen molar-refractivity contribution in [1.82, 2.24) is 14.9 Å². The second-order valence-corrected chi connectivity index (χ2v) is 10.7. The Kier molecular flexibility index (Phi) is 9.93. The number of nitrogens with zero attached hydrogens (tertiary/aromatic N) is 4. The van der Waals surface area contributed by atoms with Crippen molar-refractivity contribution < 1.29 is 9.53 Å². The lowest BCUT2D eigenvalue weighted by Gasteiger charge is -2.24. The van der Waals surface area contributed by atoms with Crippen LogP contribution in [0.25, 0.3) is 5.70 Å². The molecule has 0 aromatic carbocycles. The number of ether oxygens (including phenoxy) is 1. The van der Waals surface area contributed by atoms with Crippen LogP contribution in [-0.2, 0) is 11.2 Å². The summed E-state index contributed by atoms with van der Waals surface area (Å²) in [5.41, 5.74) is 14.5. The standard InChI is InChI=1S/C25H31ClN6O2S.C2H2/c1-3-6-16(23(33)15-8-4-9-18-21(15)17(12-27)24(29)35-18)22(28)25-30-19(26)11-20(31-25)34-13-14-7-5-10-32(14)2;1-2/h11,14-15H,3-10,13,28-29H2,1-2H3;1-2H/b22-16-;/t14-,15-;/m0./s1. The van der Waals surface area contributed by atoms with Gasteiger partial charge in [-0.2, -0.15) is 10.2 Å². The molecule has 0 radical (unpaired) electrons. The molecule has 2 atom stereocenters. The van der Waals surface area contributed by atoms with Crippen LogP contribution in [0.5, 0.6) is 5.88 Å². The van der Waals surface area contributed by atoms with Gasteiger partial charge in [0.25, 0.3) is 0 Å². The first-order valence-corrected chi connectivity index (χ1v) is 13.6. The number of rotatable bonds is 8. The Morgan fingerprint density at radius 2 is 2.11 bits per heavy atom. The lowest BCUT2D eigenvalue weighted by Crippen LogP contribution is -2.30. The molecule has 2 aliphatic rings. The smallest absolute Gasteiger partial charge is 0.218 e. The molecule has 1 aliphatic heterocycles. The second kappa shape index (κ2) is 12.9. The van der Waals surface area contributed by atoms with Crippen LogP contribution in [0.3, 0.4) is 0 Å². The number of thiophene rings is 1. The third-order valence-corrected chi connectivity index (χ3v) is 8.14. The van der Waals surface area contributed by atoms with Gasteiger partial charge < -0.3 is 21.1 Å². The van der Waals surface area contributed by atoms with E-state index in [1.54, 1.807) is 6.07 Å². The Morgan fingerprint density at radius 3 is 2.76 bits per heavy atom. The minimum absolute atomic E-state index is 0.0989. The largest absolute Gasteiger partial charge is 0.476 e. The van der Waals surface area contributed by atoms with E-state index in [0.29, 0.717) is 47.5 Å². The highest BCUT2D eigenvalue weighted by Crippen LogP contribution is 2.44. The molecule has 0 spiro atoms. The van der Waals surface area contributed by atoms with Gasteiger partial charge in [0.1, 0.15) is 22.8 Å².